The number of carbonyl (C=O) groups excluding carboxylic acids is 6. The summed E-state index contributed by atoms with van der Waals surface area (Å²) in [6, 6.07) is 17.0. The number of aromatic nitrogens is 5. The number of hydrogen-bond acceptors (Lipinski definition) is 11. The summed E-state index contributed by atoms with van der Waals surface area (Å²) in [6.45, 7) is 18.0. The van der Waals surface area contributed by atoms with E-state index in [2.05, 4.69) is 26.4 Å². The Bertz CT molecular complexity index is 3050. The van der Waals surface area contributed by atoms with Crippen LogP contribution in [0.5, 0.6) is 0 Å². The minimum absolute atomic E-state index is 0.0106. The van der Waals surface area contributed by atoms with Gasteiger partial charge in [-0.3, -0.25) is 38.1 Å². The second kappa shape index (κ2) is 25.8. The normalized spacial score (nSPS) is 14.4. The molecule has 6 aromatic rings. The lowest BCUT2D eigenvalue weighted by molar-refractivity contribution is -0.122. The van der Waals surface area contributed by atoms with E-state index in [0.717, 1.165) is 29.3 Å². The number of primary amides is 2. The fraction of sp³-hybridized carbons (Fsp3) is 0.509. The molecule has 6 rings (SSSR count). The summed E-state index contributed by atoms with van der Waals surface area (Å²) in [6.07, 6.45) is 5.23. The molecule has 416 valence electrons. The summed E-state index contributed by atoms with van der Waals surface area (Å²) >= 11 is 0. The number of nitrogens with zero attached hydrogens (tertiary/aromatic N) is 5. The third-order valence-corrected chi connectivity index (χ3v) is 13.7. The van der Waals surface area contributed by atoms with Gasteiger partial charge in [-0.25, -0.2) is 0 Å². The van der Waals surface area contributed by atoms with E-state index in [9.17, 15) is 39.0 Å². The number of fused-ring (bicyclic) bond motifs is 3. The Kier molecular flexibility index (Phi) is 19.8. The molecule has 0 radical (unpaired) electrons. The topological polar surface area (TPSA) is 293 Å². The first-order valence-electron chi connectivity index (χ1n) is 26.7. The SMILES string of the molecule is CC(O)CCCn1nc(C(=O)NC(C(=O)Nc2ccc3c(c2)c(C(=O)NC(C(N)=O)C(C)(C)C)nn3CCCC(C)O)C(C)COCCCCCn2cc(C(=O)NC(C(N)=O)C(C)(C)C)c3ccccc32)c2ccccc21. The van der Waals surface area contributed by atoms with Crippen molar-refractivity contribution in [3.8, 4) is 0 Å². The van der Waals surface area contributed by atoms with Crippen molar-refractivity contribution >= 4 is 73.8 Å². The van der Waals surface area contributed by atoms with Crippen molar-refractivity contribution in [2.45, 2.75) is 157 Å². The molecule has 0 fully saturated rings. The van der Waals surface area contributed by atoms with Gasteiger partial charge in [0.15, 0.2) is 11.4 Å². The van der Waals surface area contributed by atoms with Crippen LogP contribution in [0, 0.1) is 16.7 Å². The maximum atomic E-state index is 14.6. The monoisotopic (exact) mass is 1060 g/mol. The number of anilines is 1. The Morgan fingerprint density at radius 2 is 1.13 bits per heavy atom. The standard InChI is InChI=1S/C57H79N11O9/c1-34(33-77-30-16-10-15-27-66-32-41(38-21-11-13-23-42(38)66)52(73)62-48(50(58)71)56(4,5)6)45(61-54(75)46-39-22-12-14-24-43(39)67(64-46)28-17-19-35(2)69)53(74)60-37-25-26-44-40(31-37)47(65-68(44)29-18-20-36(3)70)55(76)63-49(51(59)72)57(7,8)9/h11-14,21-26,31-32,34-36,45,48-49,69-70H,10,15-20,27-30,33H2,1-9H3,(H2,58,71)(H2,59,72)(H,60,74)(H,61,75)(H,62,73)(H,63,76). The third kappa shape index (κ3) is 15.3. The Balaban J connectivity index is 1.19. The second-order valence-electron chi connectivity index (χ2n) is 22.5. The van der Waals surface area contributed by atoms with Gasteiger partial charge in [-0.1, -0.05) is 84.9 Å². The molecule has 3 heterocycles. The van der Waals surface area contributed by atoms with E-state index in [1.54, 1.807) is 74.4 Å². The van der Waals surface area contributed by atoms with Crippen LogP contribution in [0.4, 0.5) is 5.69 Å². The number of amides is 6. The quantitative estimate of drug-likeness (QED) is 0.0269. The van der Waals surface area contributed by atoms with E-state index < -0.39 is 76.6 Å². The molecule has 3 aromatic carbocycles. The van der Waals surface area contributed by atoms with E-state index in [4.69, 9.17) is 21.3 Å². The van der Waals surface area contributed by atoms with Crippen LogP contribution >= 0.6 is 0 Å². The Labute approximate surface area is 450 Å². The van der Waals surface area contributed by atoms with E-state index in [1.807, 2.05) is 74.7 Å². The van der Waals surface area contributed by atoms with Crippen LogP contribution in [0.25, 0.3) is 32.7 Å². The largest absolute Gasteiger partial charge is 0.393 e. The Morgan fingerprint density at radius 1 is 0.610 bits per heavy atom. The summed E-state index contributed by atoms with van der Waals surface area (Å²) in [5.41, 5.74) is 13.2. The average molecular weight is 1060 g/mol. The zero-order valence-corrected chi connectivity index (χ0v) is 46.0. The van der Waals surface area contributed by atoms with Crippen molar-refractivity contribution in [3.05, 3.63) is 89.9 Å². The minimum atomic E-state index is -1.14. The highest BCUT2D eigenvalue weighted by molar-refractivity contribution is 6.10. The molecule has 0 spiro atoms. The Hall–Kier alpha value is -7.16. The molecule has 0 aliphatic rings. The number of nitrogens with two attached hydrogens (primary N) is 2. The molecule has 6 atom stereocenters. The number of aliphatic hydroxyl groups excluding tert-OH is 2. The first kappa shape index (κ1) is 59.1. The molecule has 0 bridgehead atoms. The van der Waals surface area contributed by atoms with Crippen molar-refractivity contribution in [2.75, 3.05) is 18.5 Å². The van der Waals surface area contributed by atoms with Gasteiger partial charge in [0.25, 0.3) is 17.7 Å². The summed E-state index contributed by atoms with van der Waals surface area (Å²) in [4.78, 5) is 81.2. The lowest BCUT2D eigenvalue weighted by Crippen LogP contribution is -2.52. The average Bonchev–Trinajstić information content (AvgIpc) is 4.09. The number of nitrogens with one attached hydrogen (secondary N) is 4. The van der Waals surface area contributed by atoms with Crippen molar-refractivity contribution in [1.29, 1.82) is 0 Å². The smallest absolute Gasteiger partial charge is 0.273 e. The number of carbonyl (C=O) groups is 6. The number of aryl methyl sites for hydroxylation is 3. The molecule has 20 heteroatoms. The zero-order valence-electron chi connectivity index (χ0n) is 46.0. The molecule has 0 aliphatic carbocycles. The Morgan fingerprint density at radius 3 is 1.70 bits per heavy atom. The third-order valence-electron chi connectivity index (χ3n) is 13.7. The summed E-state index contributed by atoms with van der Waals surface area (Å²) < 4.78 is 11.6. The van der Waals surface area contributed by atoms with Gasteiger partial charge in [0, 0.05) is 65.7 Å². The van der Waals surface area contributed by atoms with Crippen molar-refractivity contribution in [3.63, 3.8) is 0 Å². The van der Waals surface area contributed by atoms with Crippen LogP contribution in [0.1, 0.15) is 139 Å². The molecule has 3 aromatic heterocycles. The minimum Gasteiger partial charge on any atom is -0.393 e. The van der Waals surface area contributed by atoms with Gasteiger partial charge in [0.1, 0.15) is 18.1 Å². The maximum Gasteiger partial charge on any atom is 0.273 e. The van der Waals surface area contributed by atoms with Crippen LogP contribution in [0.15, 0.2) is 72.9 Å². The first-order valence-corrected chi connectivity index (χ1v) is 26.7. The number of hydrogen-bond donors (Lipinski definition) is 8. The number of aliphatic hydroxyl groups is 2. The fourth-order valence-corrected chi connectivity index (χ4v) is 9.51. The molecular formula is C57H79N11O9. The van der Waals surface area contributed by atoms with Crippen molar-refractivity contribution in [1.82, 2.24) is 40.1 Å². The van der Waals surface area contributed by atoms with Crippen LogP contribution < -0.4 is 32.7 Å². The number of rotatable bonds is 27. The fourth-order valence-electron chi connectivity index (χ4n) is 9.51. The van der Waals surface area contributed by atoms with Crippen LogP contribution in [0.3, 0.4) is 0 Å². The number of unbranched alkanes of at least 4 members (excludes halogenated alkanes) is 2. The molecular weight excluding hydrogens is 983 g/mol. The van der Waals surface area contributed by atoms with Gasteiger partial charge in [0.05, 0.1) is 35.4 Å². The van der Waals surface area contributed by atoms with Crippen molar-refractivity contribution in [2.24, 2.45) is 28.2 Å². The predicted octanol–water partition coefficient (Wildman–Crippen LogP) is 6.18. The summed E-state index contributed by atoms with van der Waals surface area (Å²) in [5.74, 6) is -4.02. The van der Waals surface area contributed by atoms with Gasteiger partial charge >= 0.3 is 0 Å². The molecule has 20 nitrogen and oxygen atoms in total. The maximum absolute atomic E-state index is 14.6. The molecule has 0 saturated carbocycles. The lowest BCUT2D eigenvalue weighted by Gasteiger charge is -2.28. The molecule has 0 aliphatic heterocycles. The first-order chi connectivity index (χ1) is 36.3. The number of ether oxygens (including phenoxy) is 1. The highest BCUT2D eigenvalue weighted by Crippen LogP contribution is 2.28. The second-order valence-corrected chi connectivity index (χ2v) is 22.5. The molecule has 6 amide bonds. The highest BCUT2D eigenvalue weighted by atomic mass is 16.5. The van der Waals surface area contributed by atoms with E-state index in [1.165, 1.54) is 0 Å². The molecule has 6 unspecified atom stereocenters. The lowest BCUT2D eigenvalue weighted by atomic mass is 9.86. The van der Waals surface area contributed by atoms with E-state index >= 15 is 0 Å². The predicted molar refractivity (Wildman–Crippen MR) is 297 cm³/mol. The number of para-hydroxylation sites is 2. The molecule has 10 N–H and O–H groups in total. The number of benzene rings is 3. The van der Waals surface area contributed by atoms with Gasteiger partial charge in [-0.2, -0.15) is 10.2 Å². The van der Waals surface area contributed by atoms with E-state index in [-0.39, 0.29) is 23.9 Å². The van der Waals surface area contributed by atoms with Gasteiger partial charge in [0.2, 0.25) is 17.7 Å². The summed E-state index contributed by atoms with van der Waals surface area (Å²) in [5, 5.41) is 42.5. The van der Waals surface area contributed by atoms with E-state index in [0.29, 0.717) is 85.9 Å². The van der Waals surface area contributed by atoms with Crippen LogP contribution in [0.2, 0.25) is 0 Å². The van der Waals surface area contributed by atoms with Gasteiger partial charge in [-0.05, 0) is 100.0 Å². The van der Waals surface area contributed by atoms with Gasteiger partial charge < -0.3 is 52.3 Å². The van der Waals surface area contributed by atoms with Crippen molar-refractivity contribution < 1.29 is 43.7 Å². The summed E-state index contributed by atoms with van der Waals surface area (Å²) in [7, 11) is 0. The molecule has 77 heavy (non-hydrogen) atoms. The van der Waals surface area contributed by atoms with Crippen LogP contribution in [-0.4, -0.2) is 113 Å². The zero-order chi connectivity index (χ0) is 56.4. The van der Waals surface area contributed by atoms with Gasteiger partial charge in [-0.15, -0.1) is 0 Å². The van der Waals surface area contributed by atoms with Crippen LogP contribution in [-0.2, 0) is 38.8 Å². The highest BCUT2D eigenvalue weighted by Gasteiger charge is 2.35. The molecule has 0 saturated heterocycles.